The zero-order chi connectivity index (χ0) is 14.8. The van der Waals surface area contributed by atoms with Crippen molar-refractivity contribution in [3.63, 3.8) is 0 Å². The number of hydrogen-bond acceptors (Lipinski definition) is 4. The molecular formula is C12H25N5O2S. The minimum absolute atomic E-state index is 0.116. The number of hydrogen-bond donors (Lipinski definition) is 2. The van der Waals surface area contributed by atoms with Crippen molar-refractivity contribution in [1.82, 2.24) is 13.5 Å². The van der Waals surface area contributed by atoms with Crippen LogP contribution in [0.25, 0.3) is 0 Å². The molecule has 3 N–H and O–H groups in total. The van der Waals surface area contributed by atoms with Crippen LogP contribution in [-0.4, -0.2) is 73.1 Å². The Balaban J connectivity index is 1.94. The second-order valence-electron chi connectivity index (χ2n) is 5.53. The molecule has 0 aromatic rings. The highest BCUT2D eigenvalue weighted by molar-refractivity contribution is 7.86. The molecule has 8 heteroatoms. The second-order valence-corrected chi connectivity index (χ2v) is 7.46. The summed E-state index contributed by atoms with van der Waals surface area (Å²) in [6, 6.07) is -0.116. The molecule has 2 aliphatic heterocycles. The summed E-state index contributed by atoms with van der Waals surface area (Å²) in [6.07, 6.45) is 3.04. The van der Waals surface area contributed by atoms with Gasteiger partial charge in [0.1, 0.15) is 5.84 Å². The van der Waals surface area contributed by atoms with Crippen LogP contribution in [0.2, 0.25) is 0 Å². The Kier molecular flexibility index (Phi) is 5.00. The summed E-state index contributed by atoms with van der Waals surface area (Å²) in [5, 5.41) is 7.47. The zero-order valence-electron chi connectivity index (χ0n) is 12.1. The van der Waals surface area contributed by atoms with Crippen LogP contribution in [0.4, 0.5) is 0 Å². The van der Waals surface area contributed by atoms with Crippen molar-refractivity contribution >= 4 is 16.0 Å². The largest absolute Gasteiger partial charge is 0.386 e. The smallest absolute Gasteiger partial charge is 0.282 e. The molecule has 1 atom stereocenters. The maximum absolute atomic E-state index is 12.5. The van der Waals surface area contributed by atoms with Crippen molar-refractivity contribution in [2.45, 2.75) is 32.2 Å². The van der Waals surface area contributed by atoms with Gasteiger partial charge in [-0.1, -0.05) is 6.42 Å². The van der Waals surface area contributed by atoms with Crippen molar-refractivity contribution in [3.05, 3.63) is 0 Å². The van der Waals surface area contributed by atoms with Crippen LogP contribution in [0, 0.1) is 5.41 Å². The predicted molar refractivity (Wildman–Crippen MR) is 78.9 cm³/mol. The number of nitrogens with one attached hydrogen (secondary N) is 1. The van der Waals surface area contributed by atoms with E-state index in [0.717, 1.165) is 19.3 Å². The fraction of sp³-hybridized carbons (Fsp3) is 0.917. The van der Waals surface area contributed by atoms with Crippen LogP contribution < -0.4 is 5.73 Å². The number of nitrogens with zero attached hydrogens (tertiary/aromatic N) is 3. The monoisotopic (exact) mass is 303 g/mol. The molecule has 1 unspecified atom stereocenters. The number of piperazine rings is 1. The molecular weight excluding hydrogens is 278 g/mol. The van der Waals surface area contributed by atoms with Crippen molar-refractivity contribution in [2.24, 2.45) is 5.73 Å². The first-order valence-electron chi connectivity index (χ1n) is 7.26. The van der Waals surface area contributed by atoms with Crippen LogP contribution in [0.5, 0.6) is 0 Å². The molecule has 2 aliphatic rings. The van der Waals surface area contributed by atoms with E-state index in [1.165, 1.54) is 0 Å². The minimum atomic E-state index is -3.30. The molecule has 2 heterocycles. The Morgan fingerprint density at radius 1 is 1.00 bits per heavy atom. The standard InChI is InChI=1S/C12H25N5O2S/c1-11(12(13)14)15-7-9-17(10-8-15)20(18,19)16-5-3-2-4-6-16/h11H,2-10H2,1H3,(H3,13,14). The van der Waals surface area contributed by atoms with Gasteiger partial charge in [-0.3, -0.25) is 10.3 Å². The summed E-state index contributed by atoms with van der Waals surface area (Å²) in [6.45, 7) is 5.41. The van der Waals surface area contributed by atoms with Gasteiger partial charge in [-0.25, -0.2) is 0 Å². The van der Waals surface area contributed by atoms with Gasteiger partial charge in [-0.15, -0.1) is 0 Å². The average Bonchev–Trinajstić information content (AvgIpc) is 2.47. The van der Waals surface area contributed by atoms with Crippen LogP contribution in [0.3, 0.4) is 0 Å². The lowest BCUT2D eigenvalue weighted by Gasteiger charge is -2.39. The lowest BCUT2D eigenvalue weighted by Crippen LogP contribution is -2.56. The fourth-order valence-electron chi connectivity index (χ4n) is 2.78. The Bertz CT molecular complexity index is 439. The van der Waals surface area contributed by atoms with E-state index >= 15 is 0 Å². The normalized spacial score (nSPS) is 25.4. The summed E-state index contributed by atoms with van der Waals surface area (Å²) < 4.78 is 28.2. The summed E-state index contributed by atoms with van der Waals surface area (Å²) in [4.78, 5) is 2.06. The van der Waals surface area contributed by atoms with Gasteiger partial charge in [0.2, 0.25) is 0 Å². The minimum Gasteiger partial charge on any atom is -0.386 e. The Morgan fingerprint density at radius 2 is 1.50 bits per heavy atom. The van der Waals surface area contributed by atoms with E-state index in [1.54, 1.807) is 8.61 Å². The van der Waals surface area contributed by atoms with Crippen molar-refractivity contribution in [1.29, 1.82) is 5.41 Å². The molecule has 7 nitrogen and oxygen atoms in total. The highest BCUT2D eigenvalue weighted by atomic mass is 32.2. The van der Waals surface area contributed by atoms with E-state index in [1.807, 2.05) is 6.92 Å². The van der Waals surface area contributed by atoms with E-state index in [-0.39, 0.29) is 11.9 Å². The lowest BCUT2D eigenvalue weighted by atomic mass is 10.2. The number of piperidine rings is 1. The molecule has 2 saturated heterocycles. The Morgan fingerprint density at radius 3 is 2.00 bits per heavy atom. The summed E-state index contributed by atoms with van der Waals surface area (Å²) >= 11 is 0. The quantitative estimate of drug-likeness (QED) is 0.549. The molecule has 20 heavy (non-hydrogen) atoms. The van der Waals surface area contributed by atoms with Gasteiger partial charge in [0.05, 0.1) is 6.04 Å². The Hall–Kier alpha value is -0.700. The SMILES string of the molecule is CC(C(=N)N)N1CCN(S(=O)(=O)N2CCCCC2)CC1. The van der Waals surface area contributed by atoms with Crippen LogP contribution in [-0.2, 0) is 10.2 Å². The van der Waals surface area contributed by atoms with Gasteiger partial charge >= 0.3 is 0 Å². The van der Waals surface area contributed by atoms with Gasteiger partial charge in [-0.2, -0.15) is 17.0 Å². The lowest BCUT2D eigenvalue weighted by molar-refractivity contribution is 0.165. The topological polar surface area (TPSA) is 93.7 Å². The third-order valence-electron chi connectivity index (χ3n) is 4.24. The highest BCUT2D eigenvalue weighted by Crippen LogP contribution is 2.18. The molecule has 2 rings (SSSR count). The average molecular weight is 303 g/mol. The summed E-state index contributed by atoms with van der Waals surface area (Å²) in [5.41, 5.74) is 5.51. The number of rotatable bonds is 4. The van der Waals surface area contributed by atoms with E-state index in [4.69, 9.17) is 11.1 Å². The molecule has 116 valence electrons. The van der Waals surface area contributed by atoms with Gasteiger partial charge < -0.3 is 5.73 Å². The van der Waals surface area contributed by atoms with Crippen molar-refractivity contribution in [2.75, 3.05) is 39.3 Å². The zero-order valence-corrected chi connectivity index (χ0v) is 12.9. The number of nitrogens with two attached hydrogens (primary N) is 1. The highest BCUT2D eigenvalue weighted by Gasteiger charge is 2.34. The molecule has 0 aromatic heterocycles. The molecule has 0 bridgehead atoms. The van der Waals surface area contributed by atoms with Crippen LogP contribution in [0.1, 0.15) is 26.2 Å². The molecule has 0 aliphatic carbocycles. The molecule has 0 saturated carbocycles. The van der Waals surface area contributed by atoms with Gasteiger partial charge in [0.25, 0.3) is 10.2 Å². The molecule has 0 amide bonds. The first kappa shape index (κ1) is 15.7. The first-order chi connectivity index (χ1) is 9.43. The summed E-state index contributed by atoms with van der Waals surface area (Å²) in [5.74, 6) is 0.136. The maximum Gasteiger partial charge on any atom is 0.282 e. The maximum atomic E-state index is 12.5. The van der Waals surface area contributed by atoms with Crippen molar-refractivity contribution in [3.8, 4) is 0 Å². The summed E-state index contributed by atoms with van der Waals surface area (Å²) in [7, 11) is -3.30. The number of amidine groups is 1. The van der Waals surface area contributed by atoms with E-state index < -0.39 is 10.2 Å². The third kappa shape index (κ3) is 3.30. The molecule has 2 fully saturated rings. The van der Waals surface area contributed by atoms with E-state index in [2.05, 4.69) is 4.90 Å². The van der Waals surface area contributed by atoms with Gasteiger partial charge in [-0.05, 0) is 19.8 Å². The van der Waals surface area contributed by atoms with E-state index in [9.17, 15) is 8.42 Å². The van der Waals surface area contributed by atoms with Crippen molar-refractivity contribution < 1.29 is 8.42 Å². The second kappa shape index (κ2) is 6.38. The third-order valence-corrected chi connectivity index (χ3v) is 6.27. The van der Waals surface area contributed by atoms with Crippen LogP contribution in [0.15, 0.2) is 0 Å². The van der Waals surface area contributed by atoms with Gasteiger partial charge in [0, 0.05) is 39.3 Å². The molecule has 0 aromatic carbocycles. The first-order valence-corrected chi connectivity index (χ1v) is 8.66. The molecule has 0 spiro atoms. The fourth-order valence-corrected chi connectivity index (χ4v) is 4.45. The molecule has 0 radical (unpaired) electrons. The van der Waals surface area contributed by atoms with Crippen LogP contribution >= 0.6 is 0 Å². The van der Waals surface area contributed by atoms with E-state index in [0.29, 0.717) is 39.3 Å². The Labute approximate surface area is 121 Å². The predicted octanol–water partition coefficient (Wildman–Crippen LogP) is -0.341. The van der Waals surface area contributed by atoms with Gasteiger partial charge in [0.15, 0.2) is 0 Å².